The van der Waals surface area contributed by atoms with Gasteiger partial charge in [0.2, 0.25) is 5.13 Å². The van der Waals surface area contributed by atoms with Gasteiger partial charge in [-0.1, -0.05) is 53.3 Å². The van der Waals surface area contributed by atoms with Crippen LogP contribution in [0.3, 0.4) is 0 Å². The Morgan fingerprint density at radius 3 is 2.75 bits per heavy atom. The summed E-state index contributed by atoms with van der Waals surface area (Å²) < 4.78 is 7.36. The van der Waals surface area contributed by atoms with Gasteiger partial charge >= 0.3 is 0 Å². The number of aromatic nitrogens is 4. The zero-order valence-corrected chi connectivity index (χ0v) is 16.9. The van der Waals surface area contributed by atoms with Crippen molar-refractivity contribution in [1.82, 2.24) is 19.7 Å². The van der Waals surface area contributed by atoms with E-state index in [9.17, 15) is 0 Å². The third-order valence-corrected chi connectivity index (χ3v) is 5.56. The lowest BCUT2D eigenvalue weighted by molar-refractivity contribution is 0.414. The van der Waals surface area contributed by atoms with Crippen LogP contribution in [0.15, 0.2) is 60.9 Å². The van der Waals surface area contributed by atoms with Crippen LogP contribution in [-0.4, -0.2) is 26.9 Å². The summed E-state index contributed by atoms with van der Waals surface area (Å²) in [6, 6.07) is 15.3. The Morgan fingerprint density at radius 1 is 1.14 bits per heavy atom. The lowest BCUT2D eigenvalue weighted by Crippen LogP contribution is -2.16. The number of hydrogen-bond donors (Lipinski definition) is 1. The molecule has 0 saturated heterocycles. The molecule has 4 aromatic rings. The maximum absolute atomic E-state index is 6.30. The van der Waals surface area contributed by atoms with Crippen LogP contribution in [0.5, 0.6) is 5.75 Å². The molecule has 8 heteroatoms. The highest BCUT2D eigenvalue weighted by atomic mass is 35.5. The van der Waals surface area contributed by atoms with E-state index in [1.54, 1.807) is 13.3 Å². The number of benzene rings is 2. The van der Waals surface area contributed by atoms with E-state index in [0.717, 1.165) is 27.7 Å². The van der Waals surface area contributed by atoms with Crippen molar-refractivity contribution < 1.29 is 4.74 Å². The summed E-state index contributed by atoms with van der Waals surface area (Å²) >= 11 is 7.75. The number of nitrogens with zero attached hydrogens (tertiary/aromatic N) is 4. The molecule has 0 aliphatic rings. The van der Waals surface area contributed by atoms with Gasteiger partial charge in [-0.3, -0.25) is 0 Å². The Labute approximate surface area is 171 Å². The molecule has 0 spiro atoms. The van der Waals surface area contributed by atoms with Crippen molar-refractivity contribution in [1.29, 1.82) is 0 Å². The fourth-order valence-electron chi connectivity index (χ4n) is 2.92. The van der Waals surface area contributed by atoms with Crippen LogP contribution in [0.4, 0.5) is 5.13 Å². The molecule has 0 aliphatic carbocycles. The first-order chi connectivity index (χ1) is 13.7. The molecule has 142 valence electrons. The average Bonchev–Trinajstić information content (AvgIpc) is 3.35. The van der Waals surface area contributed by atoms with E-state index in [-0.39, 0.29) is 6.04 Å². The molecule has 2 heterocycles. The normalized spacial score (nSPS) is 12.0. The molecule has 2 aromatic carbocycles. The van der Waals surface area contributed by atoms with E-state index in [0.29, 0.717) is 10.2 Å². The first kappa shape index (κ1) is 18.5. The summed E-state index contributed by atoms with van der Waals surface area (Å²) in [6.07, 6.45) is 3.69. The van der Waals surface area contributed by atoms with Gasteiger partial charge in [0.05, 0.1) is 12.1 Å². The molecule has 1 N–H and O–H groups in total. The van der Waals surface area contributed by atoms with Crippen LogP contribution in [0.2, 0.25) is 5.02 Å². The number of nitrogens with one attached hydrogen (secondary N) is 1. The number of rotatable bonds is 6. The van der Waals surface area contributed by atoms with Crippen LogP contribution in [0.25, 0.3) is 10.6 Å². The van der Waals surface area contributed by atoms with Crippen LogP contribution >= 0.6 is 22.9 Å². The molecule has 4 rings (SSSR count). The lowest BCUT2D eigenvalue weighted by atomic mass is 10.1. The van der Waals surface area contributed by atoms with Gasteiger partial charge in [0.25, 0.3) is 0 Å². The fraction of sp³-hybridized carbons (Fsp3) is 0.150. The molecule has 1 unspecified atom stereocenters. The molecule has 2 aromatic heterocycles. The van der Waals surface area contributed by atoms with Crippen molar-refractivity contribution in [2.24, 2.45) is 7.05 Å². The minimum atomic E-state index is -0.206. The monoisotopic (exact) mass is 411 g/mol. The number of ether oxygens (including phenoxy) is 1. The van der Waals surface area contributed by atoms with Crippen LogP contribution in [0, 0.1) is 0 Å². The molecular formula is C20H18ClN5OS. The van der Waals surface area contributed by atoms with E-state index in [4.69, 9.17) is 16.3 Å². The van der Waals surface area contributed by atoms with Gasteiger partial charge in [0.15, 0.2) is 5.01 Å². The summed E-state index contributed by atoms with van der Waals surface area (Å²) in [5.41, 5.74) is 1.88. The van der Waals surface area contributed by atoms with E-state index in [2.05, 4.69) is 20.5 Å². The maximum Gasteiger partial charge on any atom is 0.206 e. The summed E-state index contributed by atoms with van der Waals surface area (Å²) in [7, 11) is 3.62. The fourth-order valence-corrected chi connectivity index (χ4v) is 4.01. The number of anilines is 1. The second-order valence-electron chi connectivity index (χ2n) is 6.14. The third-order valence-electron chi connectivity index (χ3n) is 4.34. The molecule has 1 atom stereocenters. The van der Waals surface area contributed by atoms with E-state index >= 15 is 0 Å². The summed E-state index contributed by atoms with van der Waals surface area (Å²) in [4.78, 5) is 4.52. The van der Waals surface area contributed by atoms with Crippen LogP contribution in [0.1, 0.15) is 17.4 Å². The predicted octanol–water partition coefficient (Wildman–Crippen LogP) is 4.80. The van der Waals surface area contributed by atoms with E-state index < -0.39 is 0 Å². The number of hydrogen-bond acceptors (Lipinski definition) is 6. The molecule has 0 aliphatic heterocycles. The molecule has 0 amide bonds. The van der Waals surface area contributed by atoms with Gasteiger partial charge in [-0.15, -0.1) is 10.2 Å². The predicted molar refractivity (Wildman–Crippen MR) is 112 cm³/mol. The molecule has 0 fully saturated rings. The summed E-state index contributed by atoms with van der Waals surface area (Å²) in [6.45, 7) is 0. The van der Waals surface area contributed by atoms with Crippen molar-refractivity contribution in [2.45, 2.75) is 6.04 Å². The second-order valence-corrected chi connectivity index (χ2v) is 7.53. The lowest BCUT2D eigenvalue weighted by Gasteiger charge is -2.19. The SMILES string of the molecule is COc1cccc(C(Nc2nnc(-c3ccccc3Cl)s2)c2nccn2C)c1. The zero-order valence-electron chi connectivity index (χ0n) is 15.3. The molecule has 6 nitrogen and oxygen atoms in total. The Kier molecular flexibility index (Phi) is 5.27. The summed E-state index contributed by atoms with van der Waals surface area (Å²) in [5.74, 6) is 1.65. The molecule has 28 heavy (non-hydrogen) atoms. The molecular weight excluding hydrogens is 394 g/mol. The van der Waals surface area contributed by atoms with Crippen LogP contribution < -0.4 is 10.1 Å². The van der Waals surface area contributed by atoms with Crippen molar-refractivity contribution in [3.05, 3.63) is 77.3 Å². The number of methoxy groups -OCH3 is 1. The first-order valence-electron chi connectivity index (χ1n) is 8.62. The highest BCUT2D eigenvalue weighted by Gasteiger charge is 2.21. The Balaban J connectivity index is 1.69. The van der Waals surface area contributed by atoms with Gasteiger partial charge in [-0.05, 0) is 23.8 Å². The van der Waals surface area contributed by atoms with E-state index in [1.807, 2.05) is 66.3 Å². The Morgan fingerprint density at radius 2 is 2.00 bits per heavy atom. The standard InChI is InChI=1S/C20H18ClN5OS/c1-26-11-10-22-18(26)17(13-6-5-7-14(12-13)27-2)23-20-25-24-19(28-20)15-8-3-4-9-16(15)21/h3-12,17H,1-2H3,(H,23,25). The smallest absolute Gasteiger partial charge is 0.206 e. The van der Waals surface area contributed by atoms with Gasteiger partial charge in [-0.25, -0.2) is 4.98 Å². The van der Waals surface area contributed by atoms with Crippen molar-refractivity contribution in [2.75, 3.05) is 12.4 Å². The topological polar surface area (TPSA) is 64.9 Å². The number of aryl methyl sites for hydroxylation is 1. The second kappa shape index (κ2) is 8.00. The zero-order chi connectivity index (χ0) is 19.5. The molecule has 0 bridgehead atoms. The van der Waals surface area contributed by atoms with Crippen molar-refractivity contribution >= 4 is 28.1 Å². The van der Waals surface area contributed by atoms with Gasteiger partial charge in [-0.2, -0.15) is 0 Å². The van der Waals surface area contributed by atoms with Gasteiger partial charge < -0.3 is 14.6 Å². The van der Waals surface area contributed by atoms with Gasteiger partial charge in [0, 0.05) is 25.0 Å². The van der Waals surface area contributed by atoms with Gasteiger partial charge in [0.1, 0.15) is 17.6 Å². The van der Waals surface area contributed by atoms with Crippen LogP contribution in [-0.2, 0) is 7.05 Å². The van der Waals surface area contributed by atoms with E-state index in [1.165, 1.54) is 11.3 Å². The first-order valence-corrected chi connectivity index (χ1v) is 9.81. The number of halogens is 1. The minimum Gasteiger partial charge on any atom is -0.497 e. The van der Waals surface area contributed by atoms with Crippen molar-refractivity contribution in [3.8, 4) is 16.3 Å². The highest BCUT2D eigenvalue weighted by Crippen LogP contribution is 2.34. The molecule has 0 saturated carbocycles. The quantitative estimate of drug-likeness (QED) is 0.493. The van der Waals surface area contributed by atoms with Crippen molar-refractivity contribution in [3.63, 3.8) is 0 Å². The Hall–Kier alpha value is -2.90. The third kappa shape index (κ3) is 3.72. The molecule has 0 radical (unpaired) electrons. The Bertz CT molecular complexity index is 1090. The summed E-state index contributed by atoms with van der Waals surface area (Å²) in [5, 5.41) is 14.2. The number of imidazole rings is 1. The average molecular weight is 412 g/mol. The maximum atomic E-state index is 6.30. The highest BCUT2D eigenvalue weighted by molar-refractivity contribution is 7.18. The minimum absolute atomic E-state index is 0.206. The largest absolute Gasteiger partial charge is 0.497 e.